The lowest BCUT2D eigenvalue weighted by Crippen LogP contribution is -2.32. The molecule has 0 atom stereocenters. The van der Waals surface area contributed by atoms with Crippen LogP contribution in [-0.4, -0.2) is 49.5 Å². The number of amides is 1. The molecular formula is C22H27ClN4O. The maximum atomic E-state index is 12.7. The number of halogens is 1. The van der Waals surface area contributed by atoms with E-state index in [2.05, 4.69) is 53.3 Å². The van der Waals surface area contributed by atoms with Crippen LogP contribution in [0.3, 0.4) is 0 Å². The number of rotatable bonds is 6. The van der Waals surface area contributed by atoms with E-state index in [0.29, 0.717) is 18.0 Å². The zero-order valence-electron chi connectivity index (χ0n) is 16.7. The molecule has 148 valence electrons. The highest BCUT2D eigenvalue weighted by Gasteiger charge is 2.19. The molecule has 1 amide bonds. The minimum absolute atomic E-state index is 0.0332. The van der Waals surface area contributed by atoms with E-state index < -0.39 is 0 Å². The van der Waals surface area contributed by atoms with Gasteiger partial charge in [-0.05, 0) is 69.3 Å². The summed E-state index contributed by atoms with van der Waals surface area (Å²) in [5.41, 5.74) is 4.17. The van der Waals surface area contributed by atoms with Crippen molar-refractivity contribution in [3.63, 3.8) is 0 Å². The number of nitrogens with zero attached hydrogens (tertiary/aromatic N) is 3. The number of pyridine rings is 1. The molecule has 0 aliphatic carbocycles. The van der Waals surface area contributed by atoms with Gasteiger partial charge in [-0.15, -0.1) is 0 Å². The lowest BCUT2D eigenvalue weighted by atomic mass is 10.0. The second-order valence-electron chi connectivity index (χ2n) is 7.38. The number of nitrogens with one attached hydrogen (secondary N) is 1. The Morgan fingerprint density at radius 3 is 2.82 bits per heavy atom. The van der Waals surface area contributed by atoms with Crippen molar-refractivity contribution in [1.29, 1.82) is 0 Å². The molecule has 2 aromatic rings. The molecular weight excluding hydrogens is 372 g/mol. The average molecular weight is 399 g/mol. The van der Waals surface area contributed by atoms with E-state index in [-0.39, 0.29) is 5.91 Å². The Labute approximate surface area is 172 Å². The molecule has 0 radical (unpaired) electrons. The van der Waals surface area contributed by atoms with Gasteiger partial charge < -0.3 is 15.1 Å². The van der Waals surface area contributed by atoms with Crippen molar-refractivity contribution in [2.24, 2.45) is 0 Å². The molecule has 3 rings (SSSR count). The van der Waals surface area contributed by atoms with Gasteiger partial charge in [0.25, 0.3) is 5.91 Å². The van der Waals surface area contributed by atoms with Gasteiger partial charge in [0.05, 0.1) is 5.02 Å². The Bertz CT molecular complexity index is 879. The number of carbonyl (C=O) groups is 1. The van der Waals surface area contributed by atoms with Gasteiger partial charge in [-0.2, -0.15) is 0 Å². The van der Waals surface area contributed by atoms with Crippen LogP contribution in [0, 0.1) is 6.92 Å². The van der Waals surface area contributed by atoms with Crippen molar-refractivity contribution >= 4 is 29.0 Å². The van der Waals surface area contributed by atoms with Gasteiger partial charge in [-0.3, -0.25) is 4.79 Å². The van der Waals surface area contributed by atoms with E-state index in [9.17, 15) is 4.79 Å². The summed E-state index contributed by atoms with van der Waals surface area (Å²) in [6.07, 6.45) is 5.33. The molecule has 28 heavy (non-hydrogen) atoms. The third-order valence-corrected chi connectivity index (χ3v) is 5.27. The molecule has 0 saturated carbocycles. The average Bonchev–Trinajstić information content (AvgIpc) is 2.69. The van der Waals surface area contributed by atoms with Gasteiger partial charge in [0, 0.05) is 37.1 Å². The van der Waals surface area contributed by atoms with Crippen LogP contribution in [0.4, 0.5) is 11.5 Å². The summed E-state index contributed by atoms with van der Waals surface area (Å²) in [6.45, 7) is 4.44. The van der Waals surface area contributed by atoms with E-state index >= 15 is 0 Å². The third kappa shape index (κ3) is 5.12. The van der Waals surface area contributed by atoms with E-state index in [0.717, 1.165) is 36.6 Å². The van der Waals surface area contributed by atoms with E-state index in [1.807, 2.05) is 24.3 Å². The number of aryl methyl sites for hydroxylation is 1. The molecule has 0 fully saturated rings. The maximum absolute atomic E-state index is 12.7. The number of hydrogen-bond acceptors (Lipinski definition) is 4. The van der Waals surface area contributed by atoms with Crippen molar-refractivity contribution in [2.45, 2.75) is 19.8 Å². The highest BCUT2D eigenvalue weighted by atomic mass is 35.5. The largest absolute Gasteiger partial charge is 0.351 e. The first-order chi connectivity index (χ1) is 13.4. The molecule has 0 saturated heterocycles. The predicted molar refractivity (Wildman–Crippen MR) is 116 cm³/mol. The van der Waals surface area contributed by atoms with Gasteiger partial charge in [-0.1, -0.05) is 23.7 Å². The maximum Gasteiger partial charge on any atom is 0.251 e. The number of anilines is 2. The van der Waals surface area contributed by atoms with Crippen LogP contribution in [0.5, 0.6) is 0 Å². The molecule has 1 aromatic heterocycles. The molecule has 1 aliphatic heterocycles. The standard InChI is InChI=1S/C22H27ClN4O/c1-16-6-7-19(15-18(16)8-12-26(2)3)25-22(28)17-9-13-27(14-10-17)21-20(23)5-4-11-24-21/h4-7,9,11,15H,8,10,12-14H2,1-3H3,(H,25,28). The number of likely N-dealkylation sites (N-methyl/N-ethyl adjacent to an activating group) is 1. The van der Waals surface area contributed by atoms with Gasteiger partial charge in [0.1, 0.15) is 5.82 Å². The van der Waals surface area contributed by atoms with Crippen molar-refractivity contribution in [3.8, 4) is 0 Å². The monoisotopic (exact) mass is 398 g/mol. The van der Waals surface area contributed by atoms with Crippen LogP contribution in [0.2, 0.25) is 5.02 Å². The molecule has 0 unspecified atom stereocenters. The second-order valence-corrected chi connectivity index (χ2v) is 7.79. The van der Waals surface area contributed by atoms with Crippen LogP contribution < -0.4 is 10.2 Å². The molecule has 1 aromatic carbocycles. The normalized spacial score (nSPS) is 14.2. The minimum Gasteiger partial charge on any atom is -0.351 e. The van der Waals surface area contributed by atoms with Gasteiger partial charge in [0.2, 0.25) is 0 Å². The number of benzene rings is 1. The smallest absolute Gasteiger partial charge is 0.251 e. The number of hydrogen-bond donors (Lipinski definition) is 1. The number of carbonyl (C=O) groups excluding carboxylic acids is 1. The quantitative estimate of drug-likeness (QED) is 0.801. The number of aromatic nitrogens is 1. The summed E-state index contributed by atoms with van der Waals surface area (Å²) in [5, 5.41) is 3.68. The first kappa shape index (κ1) is 20.4. The Kier molecular flexibility index (Phi) is 6.70. The van der Waals surface area contributed by atoms with E-state index in [4.69, 9.17) is 11.6 Å². The van der Waals surface area contributed by atoms with Crippen molar-refractivity contribution in [3.05, 3.63) is 64.3 Å². The summed E-state index contributed by atoms with van der Waals surface area (Å²) in [6, 6.07) is 9.77. The Morgan fingerprint density at radius 2 is 2.14 bits per heavy atom. The van der Waals surface area contributed by atoms with Gasteiger partial charge in [0.15, 0.2) is 0 Å². The van der Waals surface area contributed by atoms with Crippen molar-refractivity contribution in [2.75, 3.05) is 43.9 Å². The van der Waals surface area contributed by atoms with Crippen LogP contribution in [0.15, 0.2) is 48.2 Å². The fraction of sp³-hybridized carbons (Fsp3) is 0.364. The Hall–Kier alpha value is -2.37. The van der Waals surface area contributed by atoms with Crippen molar-refractivity contribution in [1.82, 2.24) is 9.88 Å². The lowest BCUT2D eigenvalue weighted by molar-refractivity contribution is -0.113. The molecule has 5 nitrogen and oxygen atoms in total. The third-order valence-electron chi connectivity index (χ3n) is 4.97. The van der Waals surface area contributed by atoms with E-state index in [1.165, 1.54) is 11.1 Å². The summed E-state index contributed by atoms with van der Waals surface area (Å²) < 4.78 is 0. The first-order valence-electron chi connectivity index (χ1n) is 9.54. The lowest BCUT2D eigenvalue weighted by Gasteiger charge is -2.27. The van der Waals surface area contributed by atoms with Crippen LogP contribution in [0.1, 0.15) is 17.5 Å². The molecule has 1 N–H and O–H groups in total. The van der Waals surface area contributed by atoms with Gasteiger partial charge in [-0.25, -0.2) is 4.98 Å². The fourth-order valence-corrected chi connectivity index (χ4v) is 3.49. The van der Waals surface area contributed by atoms with Crippen LogP contribution >= 0.6 is 11.6 Å². The fourth-order valence-electron chi connectivity index (χ4n) is 3.25. The molecule has 0 bridgehead atoms. The van der Waals surface area contributed by atoms with Crippen molar-refractivity contribution < 1.29 is 4.79 Å². The molecule has 0 spiro atoms. The summed E-state index contributed by atoms with van der Waals surface area (Å²) in [4.78, 5) is 21.3. The summed E-state index contributed by atoms with van der Waals surface area (Å²) in [7, 11) is 4.13. The second kappa shape index (κ2) is 9.22. The Balaban J connectivity index is 1.64. The summed E-state index contributed by atoms with van der Waals surface area (Å²) >= 11 is 6.23. The van der Waals surface area contributed by atoms with Crippen LogP contribution in [0.25, 0.3) is 0 Å². The first-order valence-corrected chi connectivity index (χ1v) is 9.92. The van der Waals surface area contributed by atoms with E-state index in [1.54, 1.807) is 6.20 Å². The minimum atomic E-state index is -0.0332. The highest BCUT2D eigenvalue weighted by molar-refractivity contribution is 6.32. The Morgan fingerprint density at radius 1 is 1.32 bits per heavy atom. The molecule has 2 heterocycles. The highest BCUT2D eigenvalue weighted by Crippen LogP contribution is 2.25. The predicted octanol–water partition coefficient (Wildman–Crippen LogP) is 3.92. The zero-order valence-corrected chi connectivity index (χ0v) is 17.5. The van der Waals surface area contributed by atoms with Crippen LogP contribution in [-0.2, 0) is 11.2 Å². The molecule has 6 heteroatoms. The van der Waals surface area contributed by atoms with Gasteiger partial charge >= 0.3 is 0 Å². The summed E-state index contributed by atoms with van der Waals surface area (Å²) in [5.74, 6) is 0.734. The molecule has 1 aliphatic rings. The topological polar surface area (TPSA) is 48.5 Å². The zero-order chi connectivity index (χ0) is 20.1. The SMILES string of the molecule is Cc1ccc(NC(=O)C2=CCN(c3ncccc3Cl)CC2)cc1CCN(C)C.